The molecule has 0 aliphatic carbocycles. The van der Waals surface area contributed by atoms with Crippen LogP contribution in [-0.4, -0.2) is 76.6 Å². The lowest BCUT2D eigenvalue weighted by Gasteiger charge is -2.46. The molecule has 7 heteroatoms. The summed E-state index contributed by atoms with van der Waals surface area (Å²) in [7, 11) is 1.40. The largest absolute Gasteiger partial charge is 0.469 e. The zero-order valence-corrected chi connectivity index (χ0v) is 21.1. The molecular weight excluding hydrogens is 412 g/mol. The summed E-state index contributed by atoms with van der Waals surface area (Å²) in [5, 5.41) is 0. The van der Waals surface area contributed by atoms with Crippen LogP contribution in [0.3, 0.4) is 0 Å². The summed E-state index contributed by atoms with van der Waals surface area (Å²) in [6.45, 7) is 11.5. The van der Waals surface area contributed by atoms with Crippen molar-refractivity contribution >= 4 is 5.97 Å². The van der Waals surface area contributed by atoms with E-state index in [9.17, 15) is 4.79 Å². The molecule has 7 nitrogen and oxygen atoms in total. The minimum absolute atomic E-state index is 0.119. The molecule has 0 unspecified atom stereocenters. The number of unbranched alkanes of at least 4 members (excludes halogenated alkanes) is 4. The quantitative estimate of drug-likeness (QED) is 0.204. The zero-order valence-electron chi connectivity index (χ0n) is 21.1. The highest BCUT2D eigenvalue weighted by Crippen LogP contribution is 2.31. The average Bonchev–Trinajstić information content (AvgIpc) is 2.79. The Balaban J connectivity index is 3.10. The van der Waals surface area contributed by atoms with Crippen molar-refractivity contribution in [2.45, 2.75) is 116 Å². The predicted octanol–water partition coefficient (Wildman–Crippen LogP) is 4.69. The normalized spacial score (nSPS) is 25.7. The van der Waals surface area contributed by atoms with Crippen LogP contribution in [0.15, 0.2) is 0 Å². The molecule has 1 rings (SSSR count). The molecule has 0 aromatic carbocycles. The van der Waals surface area contributed by atoms with Crippen molar-refractivity contribution in [2.75, 3.05) is 40.1 Å². The Kier molecular flexibility index (Phi) is 17.1. The summed E-state index contributed by atoms with van der Waals surface area (Å²) in [5.74, 6) is -0.317. The number of hydrogen-bond acceptors (Lipinski definition) is 7. The maximum atomic E-state index is 12.2. The highest BCUT2D eigenvalue weighted by molar-refractivity contribution is 5.69. The minimum atomic E-state index is -0.461. The summed E-state index contributed by atoms with van der Waals surface area (Å²) in [4.78, 5) is 12.2. The molecule has 5 atom stereocenters. The number of ether oxygens (including phenoxy) is 6. The second-order valence-electron chi connectivity index (χ2n) is 8.49. The van der Waals surface area contributed by atoms with Gasteiger partial charge in [-0.2, -0.15) is 0 Å². The van der Waals surface area contributed by atoms with Crippen molar-refractivity contribution in [3.8, 4) is 0 Å². The number of carbonyl (C=O) groups excluding carboxylic acids is 1. The number of carbonyl (C=O) groups is 1. The number of hydrogen-bond donors (Lipinski definition) is 0. The van der Waals surface area contributed by atoms with Crippen molar-refractivity contribution in [3.63, 3.8) is 0 Å². The summed E-state index contributed by atoms with van der Waals surface area (Å²) < 4.78 is 36.2. The van der Waals surface area contributed by atoms with Gasteiger partial charge >= 0.3 is 5.97 Å². The van der Waals surface area contributed by atoms with Crippen LogP contribution in [-0.2, 0) is 33.2 Å². The molecule has 0 spiro atoms. The predicted molar refractivity (Wildman–Crippen MR) is 125 cm³/mol. The zero-order chi connectivity index (χ0) is 23.6. The van der Waals surface area contributed by atoms with Crippen LogP contribution in [0.4, 0.5) is 0 Å². The fourth-order valence-electron chi connectivity index (χ4n) is 3.67. The smallest absolute Gasteiger partial charge is 0.308 e. The third-order valence-electron chi connectivity index (χ3n) is 5.67. The molecule has 0 saturated carbocycles. The van der Waals surface area contributed by atoms with Crippen LogP contribution in [0.25, 0.3) is 0 Å². The van der Waals surface area contributed by atoms with Gasteiger partial charge in [0.05, 0.1) is 26.2 Å². The highest BCUT2D eigenvalue weighted by atomic mass is 16.6. The van der Waals surface area contributed by atoms with Crippen LogP contribution >= 0.6 is 0 Å². The van der Waals surface area contributed by atoms with E-state index in [1.165, 1.54) is 7.11 Å². The first-order valence-corrected chi connectivity index (χ1v) is 12.8. The van der Waals surface area contributed by atoms with E-state index in [2.05, 4.69) is 27.7 Å². The lowest BCUT2D eigenvalue weighted by Crippen LogP contribution is -2.61. The van der Waals surface area contributed by atoms with Gasteiger partial charge in [-0.25, -0.2) is 0 Å². The third kappa shape index (κ3) is 10.9. The second kappa shape index (κ2) is 18.7. The van der Waals surface area contributed by atoms with Crippen LogP contribution in [0, 0.1) is 0 Å². The molecule has 1 saturated heterocycles. The maximum Gasteiger partial charge on any atom is 0.308 e. The fourth-order valence-corrected chi connectivity index (χ4v) is 3.67. The Hall–Kier alpha value is -0.730. The van der Waals surface area contributed by atoms with Crippen LogP contribution < -0.4 is 0 Å². The molecule has 0 aromatic heterocycles. The first-order valence-electron chi connectivity index (χ1n) is 12.8. The van der Waals surface area contributed by atoms with Gasteiger partial charge in [0.25, 0.3) is 0 Å². The van der Waals surface area contributed by atoms with Gasteiger partial charge in [-0.3, -0.25) is 4.79 Å². The molecule has 0 radical (unpaired) electrons. The van der Waals surface area contributed by atoms with Crippen LogP contribution in [0.2, 0.25) is 0 Å². The van der Waals surface area contributed by atoms with E-state index in [0.29, 0.717) is 33.0 Å². The average molecular weight is 461 g/mol. The molecule has 190 valence electrons. The molecule has 0 bridgehead atoms. The summed E-state index contributed by atoms with van der Waals surface area (Å²) in [6, 6.07) is 0. The van der Waals surface area contributed by atoms with Gasteiger partial charge in [0.2, 0.25) is 0 Å². The van der Waals surface area contributed by atoms with E-state index in [0.717, 1.165) is 51.4 Å². The monoisotopic (exact) mass is 460 g/mol. The first-order chi connectivity index (χ1) is 15.6. The van der Waals surface area contributed by atoms with Crippen molar-refractivity contribution < 1.29 is 33.2 Å². The maximum absolute atomic E-state index is 12.2. The van der Waals surface area contributed by atoms with Crippen LogP contribution in [0.5, 0.6) is 0 Å². The molecule has 1 aliphatic rings. The molecule has 32 heavy (non-hydrogen) atoms. The highest BCUT2D eigenvalue weighted by Gasteiger charge is 2.48. The van der Waals surface area contributed by atoms with E-state index in [-0.39, 0.29) is 30.7 Å². The van der Waals surface area contributed by atoms with Gasteiger partial charge in [0.1, 0.15) is 24.4 Å². The molecule has 1 fully saturated rings. The van der Waals surface area contributed by atoms with Gasteiger partial charge in [-0.1, -0.05) is 53.4 Å². The minimum Gasteiger partial charge on any atom is -0.469 e. The van der Waals surface area contributed by atoms with E-state index in [1.807, 2.05) is 0 Å². The second-order valence-corrected chi connectivity index (χ2v) is 8.49. The SMILES string of the molecule is CCCCOC[C@H]1O[C@@H](CC(=O)OC)[C@H](OCCCC)[C@@H](OCCCC)[C@@H]1OCCCC. The van der Waals surface area contributed by atoms with E-state index < -0.39 is 12.2 Å². The lowest BCUT2D eigenvalue weighted by molar-refractivity contribution is -0.266. The van der Waals surface area contributed by atoms with Gasteiger partial charge in [0.15, 0.2) is 0 Å². The molecule has 1 aliphatic heterocycles. The molecule has 0 amide bonds. The topological polar surface area (TPSA) is 72.5 Å². The van der Waals surface area contributed by atoms with Crippen molar-refractivity contribution in [2.24, 2.45) is 0 Å². The first kappa shape index (κ1) is 29.3. The Morgan fingerprint density at radius 2 is 1.16 bits per heavy atom. The van der Waals surface area contributed by atoms with Crippen molar-refractivity contribution in [1.29, 1.82) is 0 Å². The summed E-state index contributed by atoms with van der Waals surface area (Å²) >= 11 is 0. The number of methoxy groups -OCH3 is 1. The van der Waals surface area contributed by atoms with E-state index >= 15 is 0 Å². The van der Waals surface area contributed by atoms with Gasteiger partial charge in [-0.05, 0) is 25.7 Å². The molecule has 0 aromatic rings. The molecule has 0 N–H and O–H groups in total. The number of rotatable bonds is 19. The van der Waals surface area contributed by atoms with Crippen molar-refractivity contribution in [1.82, 2.24) is 0 Å². The lowest BCUT2D eigenvalue weighted by atomic mass is 9.92. The van der Waals surface area contributed by atoms with Crippen molar-refractivity contribution in [3.05, 3.63) is 0 Å². The van der Waals surface area contributed by atoms with Gasteiger partial charge < -0.3 is 28.4 Å². The van der Waals surface area contributed by atoms with Gasteiger partial charge in [0, 0.05) is 26.4 Å². The Bertz CT molecular complexity index is 460. The molecular formula is C25H48O7. The van der Waals surface area contributed by atoms with E-state index in [1.54, 1.807) is 0 Å². The van der Waals surface area contributed by atoms with Crippen LogP contribution in [0.1, 0.15) is 85.5 Å². The van der Waals surface area contributed by atoms with Gasteiger partial charge in [-0.15, -0.1) is 0 Å². The Morgan fingerprint density at radius 1 is 0.688 bits per heavy atom. The summed E-state index contributed by atoms with van der Waals surface area (Å²) in [5.41, 5.74) is 0. The standard InChI is InChI=1S/C25H48O7/c1-6-10-14-28-19-21-24(30-16-12-8-3)25(31-17-13-9-4)23(29-15-11-7-2)20(32-21)18-22(26)27-5/h20-21,23-25H,6-19H2,1-5H3/t20-,21+,23-,24+,25+/m0/s1. The number of esters is 1. The Labute approximate surface area is 195 Å². The van der Waals surface area contributed by atoms with E-state index in [4.69, 9.17) is 28.4 Å². The Morgan fingerprint density at radius 3 is 1.66 bits per heavy atom. The molecule has 1 heterocycles. The summed E-state index contributed by atoms with van der Waals surface area (Å²) in [6.07, 6.45) is 6.37. The third-order valence-corrected chi connectivity index (χ3v) is 5.67. The fraction of sp³-hybridized carbons (Fsp3) is 0.960.